The Labute approximate surface area is 81.1 Å². The highest BCUT2D eigenvalue weighted by molar-refractivity contribution is 5.76. The van der Waals surface area contributed by atoms with E-state index in [0.717, 1.165) is 6.42 Å². The van der Waals surface area contributed by atoms with Crippen molar-refractivity contribution in [1.29, 1.82) is 0 Å². The van der Waals surface area contributed by atoms with Crippen LogP contribution in [0, 0.1) is 5.92 Å². The van der Waals surface area contributed by atoms with Crippen molar-refractivity contribution < 1.29 is 4.79 Å². The minimum absolute atomic E-state index is 0.238. The molecule has 0 atom stereocenters. The van der Waals surface area contributed by atoms with Crippen LogP contribution in [0.2, 0.25) is 0 Å². The molecule has 0 heterocycles. The molecule has 1 saturated carbocycles. The molecule has 0 aromatic rings. The van der Waals surface area contributed by atoms with Crippen LogP contribution in [0.5, 0.6) is 0 Å². The second-order valence-corrected chi connectivity index (χ2v) is 4.43. The van der Waals surface area contributed by atoms with Crippen molar-refractivity contribution >= 4 is 5.91 Å². The number of carbonyl (C=O) groups excluding carboxylic acids is 1. The predicted octanol–water partition coefficient (Wildman–Crippen LogP) is 2.48. The first-order valence-corrected chi connectivity index (χ1v) is 5.48. The van der Waals surface area contributed by atoms with Crippen LogP contribution in [0.15, 0.2) is 0 Å². The molecule has 1 amide bonds. The Morgan fingerprint density at radius 1 is 1.31 bits per heavy atom. The van der Waals surface area contributed by atoms with Crippen LogP contribution in [0.4, 0.5) is 0 Å². The van der Waals surface area contributed by atoms with Gasteiger partial charge in [-0.15, -0.1) is 0 Å². The van der Waals surface area contributed by atoms with Gasteiger partial charge in [0.25, 0.3) is 0 Å². The van der Waals surface area contributed by atoms with Crippen molar-refractivity contribution in [2.75, 3.05) is 0 Å². The Morgan fingerprint density at radius 3 is 2.46 bits per heavy atom. The molecule has 2 heteroatoms. The molecule has 1 N–H and O–H groups in total. The van der Waals surface area contributed by atoms with E-state index in [4.69, 9.17) is 0 Å². The number of nitrogens with one attached hydrogen (secondary N) is 1. The van der Waals surface area contributed by atoms with Crippen molar-refractivity contribution in [3.8, 4) is 0 Å². The van der Waals surface area contributed by atoms with Gasteiger partial charge in [0.2, 0.25) is 5.91 Å². The third-order valence-electron chi connectivity index (χ3n) is 2.65. The molecule has 76 valence electrons. The lowest BCUT2D eigenvalue weighted by Crippen LogP contribution is -2.31. The van der Waals surface area contributed by atoms with E-state index < -0.39 is 0 Å². The lowest BCUT2D eigenvalue weighted by Gasteiger charge is -2.21. The number of hydrogen-bond donors (Lipinski definition) is 1. The fraction of sp³-hybridized carbons (Fsp3) is 0.909. The minimum atomic E-state index is 0.238. The summed E-state index contributed by atoms with van der Waals surface area (Å²) in [6.07, 6.45) is 7.26. The quantitative estimate of drug-likeness (QED) is 0.715. The molecule has 0 bridgehead atoms. The summed E-state index contributed by atoms with van der Waals surface area (Å²) in [6.45, 7) is 4.03. The van der Waals surface area contributed by atoms with Gasteiger partial charge in [-0.2, -0.15) is 0 Å². The molecule has 13 heavy (non-hydrogen) atoms. The van der Waals surface area contributed by atoms with Crippen molar-refractivity contribution in [2.45, 2.75) is 58.4 Å². The summed E-state index contributed by atoms with van der Waals surface area (Å²) in [4.78, 5) is 11.4. The van der Waals surface area contributed by atoms with Crippen LogP contribution in [0.1, 0.15) is 52.4 Å². The van der Waals surface area contributed by atoms with Gasteiger partial charge in [0, 0.05) is 12.5 Å². The minimum Gasteiger partial charge on any atom is -0.354 e. The van der Waals surface area contributed by atoms with Gasteiger partial charge in [0.1, 0.15) is 0 Å². The van der Waals surface area contributed by atoms with Gasteiger partial charge in [-0.25, -0.2) is 0 Å². The van der Waals surface area contributed by atoms with Crippen LogP contribution < -0.4 is 5.32 Å². The Hall–Kier alpha value is -0.530. The molecule has 1 aliphatic carbocycles. The van der Waals surface area contributed by atoms with Gasteiger partial charge in [-0.3, -0.25) is 4.79 Å². The SMILES string of the molecule is CC(C)NC(=O)CC1CCCCC1. The Balaban J connectivity index is 2.18. The monoisotopic (exact) mass is 183 g/mol. The fourth-order valence-electron chi connectivity index (χ4n) is 2.03. The van der Waals surface area contributed by atoms with Crippen molar-refractivity contribution in [3.05, 3.63) is 0 Å². The van der Waals surface area contributed by atoms with Crippen molar-refractivity contribution in [1.82, 2.24) is 5.32 Å². The number of hydrogen-bond acceptors (Lipinski definition) is 1. The summed E-state index contributed by atoms with van der Waals surface area (Å²) in [5.41, 5.74) is 0. The van der Waals surface area contributed by atoms with E-state index in [2.05, 4.69) is 5.32 Å². The van der Waals surface area contributed by atoms with E-state index >= 15 is 0 Å². The standard InChI is InChI=1S/C11H21NO/c1-9(2)12-11(13)8-10-6-4-3-5-7-10/h9-10H,3-8H2,1-2H3,(H,12,13). The molecule has 0 aromatic heterocycles. The third kappa shape index (κ3) is 4.30. The molecule has 0 unspecified atom stereocenters. The maximum atomic E-state index is 11.4. The largest absolute Gasteiger partial charge is 0.354 e. The molecule has 2 nitrogen and oxygen atoms in total. The zero-order chi connectivity index (χ0) is 9.68. The first-order valence-electron chi connectivity index (χ1n) is 5.48. The number of rotatable bonds is 3. The van der Waals surface area contributed by atoms with Crippen LogP contribution in [-0.4, -0.2) is 11.9 Å². The maximum absolute atomic E-state index is 11.4. The average Bonchev–Trinajstić information content (AvgIpc) is 2.04. The van der Waals surface area contributed by atoms with Gasteiger partial charge in [-0.1, -0.05) is 19.3 Å². The van der Waals surface area contributed by atoms with Crippen LogP contribution in [-0.2, 0) is 4.79 Å². The summed E-state index contributed by atoms with van der Waals surface area (Å²) in [6, 6.07) is 0.288. The lowest BCUT2D eigenvalue weighted by molar-refractivity contribution is -0.122. The zero-order valence-corrected chi connectivity index (χ0v) is 8.81. The summed E-state index contributed by atoms with van der Waals surface area (Å²) < 4.78 is 0. The summed E-state index contributed by atoms with van der Waals surface area (Å²) in [5, 5.41) is 2.95. The molecular formula is C11H21NO. The highest BCUT2D eigenvalue weighted by Crippen LogP contribution is 2.25. The Bertz CT molecular complexity index is 159. The normalized spacial score (nSPS) is 19.0. The van der Waals surface area contributed by atoms with Crippen LogP contribution >= 0.6 is 0 Å². The zero-order valence-electron chi connectivity index (χ0n) is 8.81. The van der Waals surface area contributed by atoms with Gasteiger partial charge >= 0.3 is 0 Å². The van der Waals surface area contributed by atoms with Gasteiger partial charge in [0.05, 0.1) is 0 Å². The second-order valence-electron chi connectivity index (χ2n) is 4.43. The van der Waals surface area contributed by atoms with E-state index in [1.807, 2.05) is 13.8 Å². The van der Waals surface area contributed by atoms with Crippen LogP contribution in [0.25, 0.3) is 0 Å². The highest BCUT2D eigenvalue weighted by atomic mass is 16.1. The summed E-state index contributed by atoms with van der Waals surface area (Å²) in [5.74, 6) is 0.898. The van der Waals surface area contributed by atoms with E-state index in [1.54, 1.807) is 0 Å². The van der Waals surface area contributed by atoms with E-state index in [9.17, 15) is 4.79 Å². The topological polar surface area (TPSA) is 29.1 Å². The molecular weight excluding hydrogens is 162 g/mol. The van der Waals surface area contributed by atoms with Crippen molar-refractivity contribution in [3.63, 3.8) is 0 Å². The first kappa shape index (κ1) is 10.6. The lowest BCUT2D eigenvalue weighted by atomic mass is 9.87. The Kier molecular flexibility index (Phi) is 4.26. The van der Waals surface area contributed by atoms with E-state index in [0.29, 0.717) is 5.92 Å². The van der Waals surface area contributed by atoms with E-state index in [-0.39, 0.29) is 11.9 Å². The van der Waals surface area contributed by atoms with Crippen LogP contribution in [0.3, 0.4) is 0 Å². The smallest absolute Gasteiger partial charge is 0.220 e. The highest BCUT2D eigenvalue weighted by Gasteiger charge is 2.16. The average molecular weight is 183 g/mol. The summed E-state index contributed by atoms with van der Waals surface area (Å²) in [7, 11) is 0. The molecule has 0 aliphatic heterocycles. The Morgan fingerprint density at radius 2 is 1.92 bits per heavy atom. The van der Waals surface area contributed by atoms with E-state index in [1.165, 1.54) is 32.1 Å². The molecule has 0 saturated heterocycles. The molecule has 1 rings (SSSR count). The molecule has 1 aliphatic rings. The molecule has 0 radical (unpaired) electrons. The maximum Gasteiger partial charge on any atom is 0.220 e. The first-order chi connectivity index (χ1) is 6.18. The second kappa shape index (κ2) is 5.25. The van der Waals surface area contributed by atoms with Gasteiger partial charge < -0.3 is 5.32 Å². The third-order valence-corrected chi connectivity index (χ3v) is 2.65. The van der Waals surface area contributed by atoms with Gasteiger partial charge in [-0.05, 0) is 32.6 Å². The van der Waals surface area contributed by atoms with Crippen molar-refractivity contribution in [2.24, 2.45) is 5.92 Å². The summed E-state index contributed by atoms with van der Waals surface area (Å²) >= 11 is 0. The molecule has 0 aromatic carbocycles. The van der Waals surface area contributed by atoms with Gasteiger partial charge in [0.15, 0.2) is 0 Å². The number of amides is 1. The predicted molar refractivity (Wildman–Crippen MR) is 54.5 cm³/mol. The fourth-order valence-corrected chi connectivity index (χ4v) is 2.03. The molecule has 0 spiro atoms. The number of carbonyl (C=O) groups is 1. The molecule has 1 fully saturated rings.